The lowest BCUT2D eigenvalue weighted by atomic mass is 10.1. The number of phenolic OH excluding ortho intramolecular Hbond substituents is 1. The van der Waals surface area contributed by atoms with E-state index in [1.54, 1.807) is 25.1 Å². The molecule has 2 rings (SSSR count). The second-order valence-electron chi connectivity index (χ2n) is 4.81. The van der Waals surface area contributed by atoms with Gasteiger partial charge in [-0.25, -0.2) is 0 Å². The van der Waals surface area contributed by atoms with E-state index in [0.29, 0.717) is 11.1 Å². The molecular weight excluding hydrogens is 250 g/mol. The number of phenols is 1. The number of para-hydroxylation sites is 1. The minimum atomic E-state index is -0.193. The van der Waals surface area contributed by atoms with Gasteiger partial charge >= 0.3 is 0 Å². The molecule has 0 aromatic heterocycles. The van der Waals surface area contributed by atoms with E-state index in [1.165, 1.54) is 0 Å². The van der Waals surface area contributed by atoms with E-state index in [2.05, 4.69) is 12.2 Å². The van der Waals surface area contributed by atoms with Crippen molar-refractivity contribution < 1.29 is 9.90 Å². The fraction of sp³-hybridized carbons (Fsp3) is 0.235. The maximum atomic E-state index is 12.3. The van der Waals surface area contributed by atoms with Crippen LogP contribution in [0, 0.1) is 6.92 Å². The van der Waals surface area contributed by atoms with E-state index in [1.807, 2.05) is 24.3 Å². The molecule has 0 atom stereocenters. The van der Waals surface area contributed by atoms with E-state index in [9.17, 15) is 9.90 Å². The lowest BCUT2D eigenvalue weighted by molar-refractivity contribution is 0.102. The molecule has 2 N–H and O–H groups in total. The summed E-state index contributed by atoms with van der Waals surface area (Å²) in [6, 6.07) is 12.8. The number of benzene rings is 2. The van der Waals surface area contributed by atoms with Gasteiger partial charge in [0.25, 0.3) is 5.91 Å². The number of carbonyl (C=O) groups excluding carboxylic acids is 1. The first kappa shape index (κ1) is 14.1. The van der Waals surface area contributed by atoms with Crippen LogP contribution < -0.4 is 5.32 Å². The molecule has 3 heteroatoms. The van der Waals surface area contributed by atoms with Crippen molar-refractivity contribution in [3.05, 3.63) is 59.2 Å². The van der Waals surface area contributed by atoms with Gasteiger partial charge < -0.3 is 10.4 Å². The summed E-state index contributed by atoms with van der Waals surface area (Å²) >= 11 is 0. The molecular formula is C17H19NO2. The van der Waals surface area contributed by atoms with Gasteiger partial charge in [0.15, 0.2) is 0 Å². The molecule has 0 bridgehead atoms. The molecule has 0 spiro atoms. The summed E-state index contributed by atoms with van der Waals surface area (Å²) in [7, 11) is 0. The Kier molecular flexibility index (Phi) is 4.41. The molecule has 104 valence electrons. The molecule has 0 fully saturated rings. The van der Waals surface area contributed by atoms with Crippen LogP contribution in [0.2, 0.25) is 0 Å². The fourth-order valence-electron chi connectivity index (χ4n) is 2.19. The number of nitrogens with one attached hydrogen (secondary N) is 1. The summed E-state index contributed by atoms with van der Waals surface area (Å²) in [4.78, 5) is 12.3. The average molecular weight is 269 g/mol. The highest BCUT2D eigenvalue weighted by Gasteiger charge is 2.12. The number of anilines is 1. The number of carbonyl (C=O) groups is 1. The molecule has 0 saturated heterocycles. The van der Waals surface area contributed by atoms with Crippen LogP contribution in [0.5, 0.6) is 5.75 Å². The van der Waals surface area contributed by atoms with E-state index in [4.69, 9.17) is 0 Å². The molecule has 0 aliphatic carbocycles. The van der Waals surface area contributed by atoms with Crippen LogP contribution >= 0.6 is 0 Å². The largest absolute Gasteiger partial charge is 0.508 e. The maximum absolute atomic E-state index is 12.3. The van der Waals surface area contributed by atoms with Crippen LogP contribution in [0.15, 0.2) is 42.5 Å². The van der Waals surface area contributed by atoms with Gasteiger partial charge in [-0.15, -0.1) is 0 Å². The molecule has 2 aromatic rings. The topological polar surface area (TPSA) is 49.3 Å². The molecule has 0 aliphatic heterocycles. The van der Waals surface area contributed by atoms with Gasteiger partial charge in [0.1, 0.15) is 5.75 Å². The second-order valence-corrected chi connectivity index (χ2v) is 4.81. The summed E-state index contributed by atoms with van der Waals surface area (Å²) in [6.07, 6.45) is 1.95. The maximum Gasteiger partial charge on any atom is 0.256 e. The van der Waals surface area contributed by atoms with E-state index in [-0.39, 0.29) is 11.7 Å². The highest BCUT2D eigenvalue weighted by atomic mass is 16.3. The van der Waals surface area contributed by atoms with Gasteiger partial charge in [0.05, 0.1) is 0 Å². The second kappa shape index (κ2) is 6.24. The Hall–Kier alpha value is -2.29. The third-order valence-corrected chi connectivity index (χ3v) is 3.33. The third kappa shape index (κ3) is 2.99. The van der Waals surface area contributed by atoms with Crippen molar-refractivity contribution in [2.45, 2.75) is 26.7 Å². The van der Waals surface area contributed by atoms with E-state index < -0.39 is 0 Å². The first-order valence-electron chi connectivity index (χ1n) is 6.81. The van der Waals surface area contributed by atoms with E-state index >= 15 is 0 Å². The minimum absolute atomic E-state index is 0.138. The highest BCUT2D eigenvalue weighted by Crippen LogP contribution is 2.22. The fourth-order valence-corrected chi connectivity index (χ4v) is 2.19. The summed E-state index contributed by atoms with van der Waals surface area (Å²) in [5.74, 6) is -0.0542. The summed E-state index contributed by atoms with van der Waals surface area (Å²) in [5.41, 5.74) is 3.05. The van der Waals surface area contributed by atoms with Crippen LogP contribution in [0.1, 0.15) is 34.8 Å². The third-order valence-electron chi connectivity index (χ3n) is 3.33. The van der Waals surface area contributed by atoms with Gasteiger partial charge in [0.2, 0.25) is 0 Å². The zero-order chi connectivity index (χ0) is 14.5. The summed E-state index contributed by atoms with van der Waals surface area (Å²) in [5, 5.41) is 12.6. The van der Waals surface area contributed by atoms with E-state index in [0.717, 1.165) is 24.1 Å². The van der Waals surface area contributed by atoms with Crippen LogP contribution in [0.25, 0.3) is 0 Å². The minimum Gasteiger partial charge on any atom is -0.508 e. The Morgan fingerprint density at radius 1 is 1.15 bits per heavy atom. The van der Waals surface area contributed by atoms with Crippen LogP contribution in [0.4, 0.5) is 5.69 Å². The molecule has 3 nitrogen and oxygen atoms in total. The predicted molar refractivity (Wildman–Crippen MR) is 81.2 cm³/mol. The SMILES string of the molecule is CCCc1ccccc1NC(=O)c1cccc(O)c1C. The smallest absolute Gasteiger partial charge is 0.256 e. The van der Waals surface area contributed by atoms with Crippen molar-refractivity contribution in [3.8, 4) is 5.75 Å². The standard InChI is InChI=1S/C17H19NO2/c1-3-7-13-8-4-5-10-15(13)18-17(20)14-9-6-11-16(19)12(14)2/h4-6,8-11,19H,3,7H2,1-2H3,(H,18,20). The van der Waals surface area contributed by atoms with Gasteiger partial charge in [-0.05, 0) is 37.1 Å². The lowest BCUT2D eigenvalue weighted by Gasteiger charge is -2.12. The average Bonchev–Trinajstić information content (AvgIpc) is 2.44. The highest BCUT2D eigenvalue weighted by molar-refractivity contribution is 6.06. The van der Waals surface area contributed by atoms with Gasteiger partial charge in [0, 0.05) is 16.8 Å². The van der Waals surface area contributed by atoms with Crippen molar-refractivity contribution in [2.24, 2.45) is 0 Å². The molecule has 0 aliphatic rings. The van der Waals surface area contributed by atoms with Crippen LogP contribution in [-0.4, -0.2) is 11.0 Å². The zero-order valence-corrected chi connectivity index (χ0v) is 11.8. The summed E-state index contributed by atoms with van der Waals surface area (Å²) < 4.78 is 0. The number of hydrogen-bond acceptors (Lipinski definition) is 2. The van der Waals surface area contributed by atoms with Crippen molar-refractivity contribution >= 4 is 11.6 Å². The zero-order valence-electron chi connectivity index (χ0n) is 11.8. The Morgan fingerprint density at radius 3 is 2.65 bits per heavy atom. The predicted octanol–water partition coefficient (Wildman–Crippen LogP) is 3.91. The summed E-state index contributed by atoms with van der Waals surface area (Å²) in [6.45, 7) is 3.85. The monoisotopic (exact) mass is 269 g/mol. The van der Waals surface area contributed by atoms with Crippen molar-refractivity contribution in [3.63, 3.8) is 0 Å². The normalized spacial score (nSPS) is 10.3. The van der Waals surface area contributed by atoms with Crippen LogP contribution in [0.3, 0.4) is 0 Å². The van der Waals surface area contributed by atoms with Crippen molar-refractivity contribution in [2.75, 3.05) is 5.32 Å². The number of amides is 1. The first-order chi connectivity index (χ1) is 9.63. The lowest BCUT2D eigenvalue weighted by Crippen LogP contribution is -2.14. The number of hydrogen-bond donors (Lipinski definition) is 2. The van der Waals surface area contributed by atoms with Crippen LogP contribution in [-0.2, 0) is 6.42 Å². The number of aromatic hydroxyl groups is 1. The van der Waals surface area contributed by atoms with Gasteiger partial charge in [-0.2, -0.15) is 0 Å². The van der Waals surface area contributed by atoms with Crippen molar-refractivity contribution in [1.82, 2.24) is 0 Å². The van der Waals surface area contributed by atoms with Gasteiger partial charge in [-0.1, -0.05) is 37.6 Å². The molecule has 0 unspecified atom stereocenters. The van der Waals surface area contributed by atoms with Gasteiger partial charge in [-0.3, -0.25) is 4.79 Å². The number of aryl methyl sites for hydroxylation is 1. The Morgan fingerprint density at radius 2 is 1.90 bits per heavy atom. The Balaban J connectivity index is 2.26. The number of rotatable bonds is 4. The Labute approximate surface area is 119 Å². The Bertz CT molecular complexity index is 620. The quantitative estimate of drug-likeness (QED) is 0.884. The molecule has 20 heavy (non-hydrogen) atoms. The molecule has 2 aromatic carbocycles. The van der Waals surface area contributed by atoms with Crippen molar-refractivity contribution in [1.29, 1.82) is 0 Å². The molecule has 1 amide bonds. The molecule has 0 saturated carbocycles. The molecule has 0 heterocycles. The first-order valence-corrected chi connectivity index (χ1v) is 6.81. The molecule has 0 radical (unpaired) electrons.